The normalized spacial score (nSPS) is 11.8. The van der Waals surface area contributed by atoms with E-state index in [9.17, 15) is 0 Å². The molecule has 0 fully saturated rings. The largest absolute Gasteiger partial charge is 0.496 e. The SMILES string of the molecule is COc1ccccc1C/C(C)=N\Nc1ncnc2sc(C)c(C)c12. The molecule has 2 aromatic heterocycles. The van der Waals surface area contributed by atoms with Crippen molar-refractivity contribution in [2.24, 2.45) is 5.10 Å². The Balaban J connectivity index is 1.83. The van der Waals surface area contributed by atoms with Gasteiger partial charge in [0.1, 0.15) is 16.9 Å². The zero-order valence-corrected chi connectivity index (χ0v) is 15.1. The van der Waals surface area contributed by atoms with Gasteiger partial charge >= 0.3 is 0 Å². The Bertz CT molecular complexity index is 901. The van der Waals surface area contributed by atoms with E-state index < -0.39 is 0 Å². The van der Waals surface area contributed by atoms with Gasteiger partial charge in [-0.15, -0.1) is 11.3 Å². The number of thiophene rings is 1. The number of benzene rings is 1. The fraction of sp³-hybridized carbons (Fsp3) is 0.278. The van der Waals surface area contributed by atoms with E-state index in [4.69, 9.17) is 4.74 Å². The van der Waals surface area contributed by atoms with Crippen molar-refractivity contribution in [1.29, 1.82) is 0 Å². The van der Waals surface area contributed by atoms with Crippen LogP contribution in [-0.4, -0.2) is 22.8 Å². The van der Waals surface area contributed by atoms with Crippen molar-refractivity contribution >= 4 is 33.1 Å². The summed E-state index contributed by atoms with van der Waals surface area (Å²) in [6, 6.07) is 7.98. The average Bonchev–Trinajstić information content (AvgIpc) is 2.88. The van der Waals surface area contributed by atoms with E-state index in [1.165, 1.54) is 10.4 Å². The van der Waals surface area contributed by atoms with Crippen molar-refractivity contribution in [3.05, 3.63) is 46.6 Å². The highest BCUT2D eigenvalue weighted by molar-refractivity contribution is 7.18. The summed E-state index contributed by atoms with van der Waals surface area (Å²) in [5, 5.41) is 5.54. The molecule has 0 bridgehead atoms. The molecule has 1 aromatic carbocycles. The lowest BCUT2D eigenvalue weighted by Gasteiger charge is -2.08. The highest BCUT2D eigenvalue weighted by Crippen LogP contribution is 2.32. The van der Waals surface area contributed by atoms with Gasteiger partial charge in [0.15, 0.2) is 5.82 Å². The molecule has 0 saturated heterocycles. The molecule has 6 heteroatoms. The van der Waals surface area contributed by atoms with Crippen LogP contribution in [0.1, 0.15) is 22.9 Å². The van der Waals surface area contributed by atoms with Crippen LogP contribution in [-0.2, 0) is 6.42 Å². The summed E-state index contributed by atoms with van der Waals surface area (Å²) in [5.74, 6) is 1.63. The van der Waals surface area contributed by atoms with Gasteiger partial charge in [-0.05, 0) is 38.0 Å². The molecule has 3 rings (SSSR count). The van der Waals surface area contributed by atoms with Crippen molar-refractivity contribution in [2.75, 3.05) is 12.5 Å². The molecule has 0 unspecified atom stereocenters. The second-order valence-corrected chi connectivity index (χ2v) is 6.84. The number of aromatic nitrogens is 2. The summed E-state index contributed by atoms with van der Waals surface area (Å²) in [6.07, 6.45) is 2.29. The lowest BCUT2D eigenvalue weighted by atomic mass is 10.1. The molecule has 5 nitrogen and oxygen atoms in total. The van der Waals surface area contributed by atoms with Gasteiger partial charge in [-0.1, -0.05) is 18.2 Å². The molecular weight excluding hydrogens is 320 g/mol. The second kappa shape index (κ2) is 6.97. The first-order valence-electron chi connectivity index (χ1n) is 7.72. The lowest BCUT2D eigenvalue weighted by molar-refractivity contribution is 0.411. The van der Waals surface area contributed by atoms with Crippen LogP contribution in [0.4, 0.5) is 5.82 Å². The molecule has 0 spiro atoms. The van der Waals surface area contributed by atoms with Crippen LogP contribution < -0.4 is 10.2 Å². The zero-order chi connectivity index (χ0) is 17.1. The van der Waals surface area contributed by atoms with Gasteiger partial charge in [0, 0.05) is 17.0 Å². The van der Waals surface area contributed by atoms with Crippen molar-refractivity contribution in [3.8, 4) is 5.75 Å². The molecule has 124 valence electrons. The number of hydrogen-bond acceptors (Lipinski definition) is 6. The molecule has 0 atom stereocenters. The van der Waals surface area contributed by atoms with Gasteiger partial charge in [0.2, 0.25) is 0 Å². The van der Waals surface area contributed by atoms with Crippen LogP contribution in [0, 0.1) is 13.8 Å². The van der Waals surface area contributed by atoms with Crippen molar-refractivity contribution in [1.82, 2.24) is 9.97 Å². The van der Waals surface area contributed by atoms with Gasteiger partial charge in [-0.3, -0.25) is 5.43 Å². The molecular formula is C18H20N4OS. The van der Waals surface area contributed by atoms with E-state index in [0.29, 0.717) is 6.42 Å². The zero-order valence-electron chi connectivity index (χ0n) is 14.3. The number of nitrogens with zero attached hydrogens (tertiary/aromatic N) is 3. The molecule has 2 heterocycles. The number of methoxy groups -OCH3 is 1. The fourth-order valence-corrected chi connectivity index (χ4v) is 3.58. The molecule has 0 radical (unpaired) electrons. The highest BCUT2D eigenvalue weighted by atomic mass is 32.1. The summed E-state index contributed by atoms with van der Waals surface area (Å²) in [5.41, 5.74) is 6.37. The van der Waals surface area contributed by atoms with Crippen LogP contribution >= 0.6 is 11.3 Å². The molecule has 1 N–H and O–H groups in total. The highest BCUT2D eigenvalue weighted by Gasteiger charge is 2.11. The monoisotopic (exact) mass is 340 g/mol. The number of hydrogen-bond donors (Lipinski definition) is 1. The first-order valence-corrected chi connectivity index (χ1v) is 8.53. The molecule has 0 aliphatic carbocycles. The third-order valence-corrected chi connectivity index (χ3v) is 5.07. The minimum absolute atomic E-state index is 0.715. The Hall–Kier alpha value is -2.47. The third kappa shape index (κ3) is 3.23. The quantitative estimate of drug-likeness (QED) is 0.554. The Morgan fingerprint density at radius 3 is 2.83 bits per heavy atom. The first-order chi connectivity index (χ1) is 11.6. The second-order valence-electron chi connectivity index (χ2n) is 5.63. The van der Waals surface area contributed by atoms with E-state index in [0.717, 1.165) is 33.1 Å². The summed E-state index contributed by atoms with van der Waals surface area (Å²) >= 11 is 1.68. The molecule has 3 aromatic rings. The lowest BCUT2D eigenvalue weighted by Crippen LogP contribution is -2.04. The maximum absolute atomic E-state index is 5.39. The van der Waals surface area contributed by atoms with E-state index >= 15 is 0 Å². The van der Waals surface area contributed by atoms with Crippen LogP contribution in [0.5, 0.6) is 5.75 Å². The van der Waals surface area contributed by atoms with E-state index in [2.05, 4.69) is 34.3 Å². The van der Waals surface area contributed by atoms with Gasteiger partial charge in [-0.25, -0.2) is 9.97 Å². The number of aryl methyl sites for hydroxylation is 2. The summed E-state index contributed by atoms with van der Waals surface area (Å²) in [4.78, 5) is 10.9. The van der Waals surface area contributed by atoms with Crippen LogP contribution in [0.2, 0.25) is 0 Å². The van der Waals surface area contributed by atoms with Crippen molar-refractivity contribution < 1.29 is 4.74 Å². The summed E-state index contributed by atoms with van der Waals surface area (Å²) in [6.45, 7) is 6.18. The number of rotatable bonds is 5. The maximum atomic E-state index is 5.39. The number of ether oxygens (including phenoxy) is 1. The summed E-state index contributed by atoms with van der Waals surface area (Å²) < 4.78 is 5.39. The predicted molar refractivity (Wildman–Crippen MR) is 100 cm³/mol. The third-order valence-electron chi connectivity index (χ3n) is 3.96. The number of para-hydroxylation sites is 1. The smallest absolute Gasteiger partial charge is 0.158 e. The standard InChI is InChI=1S/C18H20N4OS/c1-11(9-14-7-5-6-8-15(14)23-4)21-22-17-16-12(2)13(3)24-18(16)20-10-19-17/h5-8,10H,9H2,1-4H3,(H,19,20,22)/b21-11-. The number of hydrazone groups is 1. The van der Waals surface area contributed by atoms with Crippen LogP contribution in [0.25, 0.3) is 10.2 Å². The molecule has 0 aliphatic rings. The Labute approximate surface area is 145 Å². The van der Waals surface area contributed by atoms with E-state index in [-0.39, 0.29) is 0 Å². The van der Waals surface area contributed by atoms with Crippen LogP contribution in [0.3, 0.4) is 0 Å². The van der Waals surface area contributed by atoms with Gasteiger partial charge in [0.25, 0.3) is 0 Å². The number of nitrogens with one attached hydrogen (secondary N) is 1. The van der Waals surface area contributed by atoms with Crippen molar-refractivity contribution in [2.45, 2.75) is 27.2 Å². The fourth-order valence-electron chi connectivity index (χ4n) is 2.58. The molecule has 24 heavy (non-hydrogen) atoms. The van der Waals surface area contributed by atoms with Crippen molar-refractivity contribution in [3.63, 3.8) is 0 Å². The maximum Gasteiger partial charge on any atom is 0.158 e. The Morgan fingerprint density at radius 1 is 1.25 bits per heavy atom. The topological polar surface area (TPSA) is 59.4 Å². The van der Waals surface area contributed by atoms with Crippen LogP contribution in [0.15, 0.2) is 35.7 Å². The first kappa shape index (κ1) is 16.4. The summed E-state index contributed by atoms with van der Waals surface area (Å²) in [7, 11) is 1.68. The number of fused-ring (bicyclic) bond motifs is 1. The van der Waals surface area contributed by atoms with Gasteiger partial charge < -0.3 is 4.74 Å². The van der Waals surface area contributed by atoms with E-state index in [1.54, 1.807) is 24.8 Å². The number of anilines is 1. The molecule has 0 saturated carbocycles. The Kier molecular flexibility index (Phi) is 4.76. The van der Waals surface area contributed by atoms with E-state index in [1.807, 2.05) is 31.2 Å². The average molecular weight is 340 g/mol. The molecule has 0 amide bonds. The predicted octanol–water partition coefficient (Wildman–Crippen LogP) is 4.35. The van der Waals surface area contributed by atoms with Gasteiger partial charge in [-0.2, -0.15) is 5.10 Å². The minimum Gasteiger partial charge on any atom is -0.496 e. The van der Waals surface area contributed by atoms with Gasteiger partial charge in [0.05, 0.1) is 12.5 Å². The Morgan fingerprint density at radius 2 is 2.04 bits per heavy atom. The minimum atomic E-state index is 0.715. The molecule has 0 aliphatic heterocycles.